The molecule has 2 atom stereocenters. The summed E-state index contributed by atoms with van der Waals surface area (Å²) in [5, 5.41) is 0. The highest BCUT2D eigenvalue weighted by molar-refractivity contribution is 7.92. The summed E-state index contributed by atoms with van der Waals surface area (Å²) >= 11 is 0. The number of nitrogens with zero attached hydrogens (tertiary/aromatic N) is 1. The molecule has 1 aromatic rings. The Morgan fingerprint density at radius 3 is 2.27 bits per heavy atom. The number of carbonyl (C=O) groups excluding carboxylic acids is 2. The summed E-state index contributed by atoms with van der Waals surface area (Å²) in [7, 11) is -1.90. The van der Waals surface area contributed by atoms with E-state index in [1.54, 1.807) is 12.1 Å². The van der Waals surface area contributed by atoms with Crippen molar-refractivity contribution < 1.29 is 22.7 Å². The summed E-state index contributed by atoms with van der Waals surface area (Å²) in [6.45, 7) is 1.67. The molecular formula is C15H19NO5S. The van der Waals surface area contributed by atoms with Crippen LogP contribution < -0.4 is 4.31 Å². The zero-order valence-corrected chi connectivity index (χ0v) is 13.6. The first-order chi connectivity index (χ1) is 10.2. The van der Waals surface area contributed by atoms with Crippen LogP contribution in [0.2, 0.25) is 0 Å². The number of sulfonamides is 1. The molecule has 0 radical (unpaired) electrons. The maximum Gasteiger partial charge on any atom is 0.309 e. The highest BCUT2D eigenvalue weighted by atomic mass is 32.2. The third-order valence-corrected chi connectivity index (χ3v) is 5.01. The Morgan fingerprint density at radius 2 is 1.82 bits per heavy atom. The average molecular weight is 325 g/mol. The van der Waals surface area contributed by atoms with Gasteiger partial charge in [0.15, 0.2) is 12.4 Å². The van der Waals surface area contributed by atoms with Gasteiger partial charge in [0.1, 0.15) is 0 Å². The quantitative estimate of drug-likeness (QED) is 0.584. The Morgan fingerprint density at radius 1 is 1.27 bits per heavy atom. The molecule has 1 aliphatic carbocycles. The standard InChI is InChI=1S/C15H19NO5S/c1-10-8-13(10)15(18)21-9-14(17)11-4-6-12(7-5-11)16(2)22(3,19)20/h4-7,10,13H,8-9H2,1-3H3/t10-,13+/m0/s1. The Balaban J connectivity index is 1.95. The monoisotopic (exact) mass is 325 g/mol. The summed E-state index contributed by atoms with van der Waals surface area (Å²) in [6, 6.07) is 6.12. The first kappa shape index (κ1) is 16.5. The summed E-state index contributed by atoms with van der Waals surface area (Å²) < 4.78 is 29.0. The minimum Gasteiger partial charge on any atom is -0.457 e. The lowest BCUT2D eigenvalue weighted by atomic mass is 10.1. The van der Waals surface area contributed by atoms with Crippen molar-refractivity contribution in [1.82, 2.24) is 0 Å². The zero-order chi connectivity index (χ0) is 16.5. The third-order valence-electron chi connectivity index (χ3n) is 3.81. The van der Waals surface area contributed by atoms with Gasteiger partial charge in [-0.3, -0.25) is 13.9 Å². The normalized spacial score (nSPS) is 20.3. The molecule has 120 valence electrons. The van der Waals surface area contributed by atoms with Crippen LogP contribution in [0.5, 0.6) is 0 Å². The van der Waals surface area contributed by atoms with Crippen molar-refractivity contribution in [1.29, 1.82) is 0 Å². The highest BCUT2D eigenvalue weighted by Gasteiger charge is 2.40. The molecule has 2 rings (SSSR count). The van der Waals surface area contributed by atoms with Gasteiger partial charge in [-0.05, 0) is 36.6 Å². The van der Waals surface area contributed by atoms with Crippen molar-refractivity contribution >= 4 is 27.5 Å². The number of hydrogen-bond donors (Lipinski definition) is 0. The van der Waals surface area contributed by atoms with Gasteiger partial charge in [0.05, 0.1) is 17.9 Å². The van der Waals surface area contributed by atoms with Gasteiger partial charge in [-0.15, -0.1) is 0 Å². The fourth-order valence-electron chi connectivity index (χ4n) is 2.03. The van der Waals surface area contributed by atoms with Crippen LogP contribution in [0.15, 0.2) is 24.3 Å². The van der Waals surface area contributed by atoms with Gasteiger partial charge in [-0.25, -0.2) is 8.42 Å². The van der Waals surface area contributed by atoms with Gasteiger partial charge in [0, 0.05) is 12.6 Å². The molecule has 0 aliphatic heterocycles. The number of hydrogen-bond acceptors (Lipinski definition) is 5. The van der Waals surface area contributed by atoms with Crippen molar-refractivity contribution in [3.8, 4) is 0 Å². The van der Waals surface area contributed by atoms with E-state index in [1.807, 2.05) is 6.92 Å². The number of ether oxygens (including phenoxy) is 1. The summed E-state index contributed by atoms with van der Waals surface area (Å²) in [6.07, 6.45) is 1.92. The van der Waals surface area contributed by atoms with Gasteiger partial charge in [0.2, 0.25) is 10.0 Å². The zero-order valence-electron chi connectivity index (χ0n) is 12.8. The largest absolute Gasteiger partial charge is 0.457 e. The van der Waals surface area contributed by atoms with Crippen LogP contribution in [0.3, 0.4) is 0 Å². The lowest BCUT2D eigenvalue weighted by molar-refractivity contribution is -0.144. The van der Waals surface area contributed by atoms with E-state index in [9.17, 15) is 18.0 Å². The van der Waals surface area contributed by atoms with E-state index in [1.165, 1.54) is 19.2 Å². The van der Waals surface area contributed by atoms with Gasteiger partial charge in [-0.2, -0.15) is 0 Å². The molecule has 22 heavy (non-hydrogen) atoms. The molecule has 0 unspecified atom stereocenters. The molecule has 0 spiro atoms. The second kappa shape index (κ2) is 6.08. The van der Waals surface area contributed by atoms with E-state index >= 15 is 0 Å². The lowest BCUT2D eigenvalue weighted by Crippen LogP contribution is -2.24. The molecule has 7 heteroatoms. The summed E-state index contributed by atoms with van der Waals surface area (Å²) in [5.74, 6) is -0.364. The van der Waals surface area contributed by atoms with Crippen LogP contribution in [0.25, 0.3) is 0 Å². The number of esters is 1. The number of benzene rings is 1. The predicted molar refractivity (Wildman–Crippen MR) is 82.2 cm³/mol. The molecule has 1 fully saturated rings. The molecule has 0 amide bonds. The second-order valence-corrected chi connectivity index (χ2v) is 7.64. The Kier molecular flexibility index (Phi) is 4.55. The van der Waals surface area contributed by atoms with E-state index in [2.05, 4.69) is 0 Å². The average Bonchev–Trinajstić information content (AvgIpc) is 3.20. The Bertz CT molecular complexity index is 680. The SMILES string of the molecule is C[C@H]1C[C@H]1C(=O)OCC(=O)c1ccc(N(C)S(C)(=O)=O)cc1. The molecule has 1 aromatic carbocycles. The van der Waals surface area contributed by atoms with E-state index in [0.717, 1.165) is 17.0 Å². The molecule has 1 saturated carbocycles. The maximum atomic E-state index is 11.9. The van der Waals surface area contributed by atoms with Gasteiger partial charge >= 0.3 is 5.97 Å². The van der Waals surface area contributed by atoms with Gasteiger partial charge in [0.25, 0.3) is 0 Å². The molecule has 6 nitrogen and oxygen atoms in total. The smallest absolute Gasteiger partial charge is 0.309 e. The highest BCUT2D eigenvalue weighted by Crippen LogP contribution is 2.38. The number of rotatable bonds is 6. The minimum atomic E-state index is -3.34. The number of carbonyl (C=O) groups is 2. The van der Waals surface area contributed by atoms with Crippen molar-refractivity contribution in [2.75, 3.05) is 24.2 Å². The number of ketones is 1. The van der Waals surface area contributed by atoms with Crippen molar-refractivity contribution in [2.24, 2.45) is 11.8 Å². The molecule has 0 heterocycles. The first-order valence-electron chi connectivity index (χ1n) is 6.94. The first-order valence-corrected chi connectivity index (χ1v) is 8.79. The molecule has 0 N–H and O–H groups in total. The van der Waals surface area contributed by atoms with Crippen LogP contribution >= 0.6 is 0 Å². The van der Waals surface area contributed by atoms with Crippen LogP contribution in [0, 0.1) is 11.8 Å². The lowest BCUT2D eigenvalue weighted by Gasteiger charge is -2.16. The molecule has 1 aliphatic rings. The molecule has 0 bridgehead atoms. The van der Waals surface area contributed by atoms with E-state index in [-0.39, 0.29) is 24.3 Å². The van der Waals surface area contributed by atoms with Crippen LogP contribution in [-0.2, 0) is 19.6 Å². The molecule has 0 saturated heterocycles. The fraction of sp³-hybridized carbons (Fsp3) is 0.467. The van der Waals surface area contributed by atoms with Gasteiger partial charge in [-0.1, -0.05) is 6.92 Å². The van der Waals surface area contributed by atoms with Crippen LogP contribution in [0.4, 0.5) is 5.69 Å². The fourth-order valence-corrected chi connectivity index (χ4v) is 2.53. The Hall–Kier alpha value is -1.89. The van der Waals surface area contributed by atoms with Crippen molar-refractivity contribution in [3.63, 3.8) is 0 Å². The molecule has 0 aromatic heterocycles. The number of Topliss-reactive ketones (excluding diaryl/α,β-unsaturated/α-hetero) is 1. The minimum absolute atomic E-state index is 0.0708. The summed E-state index contributed by atoms with van der Waals surface area (Å²) in [5.41, 5.74) is 0.838. The molecular weight excluding hydrogens is 306 g/mol. The van der Waals surface area contributed by atoms with Crippen molar-refractivity contribution in [2.45, 2.75) is 13.3 Å². The topological polar surface area (TPSA) is 80.8 Å². The van der Waals surface area contributed by atoms with Crippen LogP contribution in [0.1, 0.15) is 23.7 Å². The maximum absolute atomic E-state index is 11.9. The number of anilines is 1. The summed E-state index contributed by atoms with van der Waals surface area (Å²) in [4.78, 5) is 23.5. The third kappa shape index (κ3) is 3.85. The predicted octanol–water partition coefficient (Wildman–Crippen LogP) is 1.46. The van der Waals surface area contributed by atoms with Gasteiger partial charge < -0.3 is 4.74 Å². The van der Waals surface area contributed by atoms with E-state index in [0.29, 0.717) is 17.2 Å². The second-order valence-electron chi connectivity index (χ2n) is 5.63. The Labute approximate surface area is 130 Å². The van der Waals surface area contributed by atoms with Crippen LogP contribution in [-0.4, -0.2) is 40.1 Å². The van der Waals surface area contributed by atoms with E-state index in [4.69, 9.17) is 4.74 Å². The van der Waals surface area contributed by atoms with Crippen molar-refractivity contribution in [3.05, 3.63) is 29.8 Å². The van der Waals surface area contributed by atoms with E-state index < -0.39 is 10.0 Å².